The van der Waals surface area contributed by atoms with E-state index in [0.29, 0.717) is 0 Å². The topological polar surface area (TPSA) is 50.4 Å². The van der Waals surface area contributed by atoms with Crippen molar-refractivity contribution in [2.24, 2.45) is 0 Å². The number of halogens is 1. The van der Waals surface area contributed by atoms with Crippen LogP contribution in [-0.4, -0.2) is 29.7 Å². The predicted molar refractivity (Wildman–Crippen MR) is 80.7 cm³/mol. The van der Waals surface area contributed by atoms with Crippen molar-refractivity contribution in [3.8, 4) is 0 Å². The Morgan fingerprint density at radius 3 is 2.57 bits per heavy atom. The number of rotatable bonds is 4. The van der Waals surface area contributed by atoms with E-state index < -0.39 is 5.82 Å². The van der Waals surface area contributed by atoms with E-state index in [1.54, 1.807) is 18.2 Å². The first kappa shape index (κ1) is 15.9. The van der Waals surface area contributed by atoms with Crippen molar-refractivity contribution in [3.63, 3.8) is 0 Å². The van der Waals surface area contributed by atoms with Crippen LogP contribution in [0.4, 0.5) is 10.1 Å². The first-order valence-corrected chi connectivity index (χ1v) is 7.17. The van der Waals surface area contributed by atoms with Crippen molar-refractivity contribution in [2.75, 3.05) is 11.9 Å². The number of benzene rings is 1. The lowest BCUT2D eigenvalue weighted by Gasteiger charge is -2.27. The maximum absolute atomic E-state index is 13.5. The van der Waals surface area contributed by atoms with Gasteiger partial charge in [-0.3, -0.25) is 4.79 Å². The third kappa shape index (κ3) is 4.02. The molecular formula is C16H23FN2O2. The smallest absolute Gasteiger partial charge is 0.238 e. The number of amides is 1. The van der Waals surface area contributed by atoms with Gasteiger partial charge in [-0.1, -0.05) is 12.1 Å². The van der Waals surface area contributed by atoms with Gasteiger partial charge in [-0.25, -0.2) is 4.39 Å². The van der Waals surface area contributed by atoms with Gasteiger partial charge < -0.3 is 15.4 Å². The molecule has 1 aliphatic rings. The first-order valence-electron chi connectivity index (χ1n) is 7.17. The van der Waals surface area contributed by atoms with Gasteiger partial charge in [0, 0.05) is 6.04 Å². The third-order valence-corrected chi connectivity index (χ3v) is 3.73. The molecule has 1 heterocycles. The average molecular weight is 294 g/mol. The Hall–Kier alpha value is -1.46. The lowest BCUT2D eigenvalue weighted by atomic mass is 9.94. The van der Waals surface area contributed by atoms with Crippen LogP contribution >= 0.6 is 0 Å². The molecule has 0 radical (unpaired) electrons. The van der Waals surface area contributed by atoms with Gasteiger partial charge in [-0.15, -0.1) is 0 Å². The number of carbonyl (C=O) groups excluding carboxylic acids is 1. The molecule has 1 amide bonds. The van der Waals surface area contributed by atoms with Gasteiger partial charge in [0.25, 0.3) is 0 Å². The summed E-state index contributed by atoms with van der Waals surface area (Å²) in [6.07, 6.45) is 0.826. The van der Waals surface area contributed by atoms with E-state index in [1.807, 2.05) is 27.7 Å². The highest BCUT2D eigenvalue weighted by atomic mass is 19.1. The molecule has 4 nitrogen and oxygen atoms in total. The molecule has 0 saturated carbocycles. The van der Waals surface area contributed by atoms with E-state index in [1.165, 1.54) is 6.07 Å². The molecule has 0 bridgehead atoms. The molecule has 0 spiro atoms. The lowest BCUT2D eigenvalue weighted by Crippen LogP contribution is -2.46. The SMILES string of the molecule is CC1(C)C[C@@H](NCC(=O)Nc2ccccc2F)C(C)(C)O1. The van der Waals surface area contributed by atoms with Crippen LogP contribution in [-0.2, 0) is 9.53 Å². The number of hydrogen-bond donors (Lipinski definition) is 2. The predicted octanol–water partition coefficient (Wildman–Crippen LogP) is 2.70. The molecule has 0 aliphatic carbocycles. The van der Waals surface area contributed by atoms with Crippen LogP contribution in [0.15, 0.2) is 24.3 Å². The van der Waals surface area contributed by atoms with Crippen LogP contribution in [0.3, 0.4) is 0 Å². The number of carbonyl (C=O) groups is 1. The fourth-order valence-electron chi connectivity index (χ4n) is 2.85. The Kier molecular flexibility index (Phi) is 4.35. The van der Waals surface area contributed by atoms with Crippen LogP contribution in [0, 0.1) is 5.82 Å². The minimum Gasteiger partial charge on any atom is -0.368 e. The number of anilines is 1. The fraction of sp³-hybridized carbons (Fsp3) is 0.562. The molecule has 1 aromatic rings. The van der Waals surface area contributed by atoms with Gasteiger partial charge in [0.1, 0.15) is 5.82 Å². The standard InChI is InChI=1S/C16H23FN2O2/c1-15(2)9-13(16(3,4)21-15)18-10-14(20)19-12-8-6-5-7-11(12)17/h5-8,13,18H,9-10H2,1-4H3,(H,19,20)/t13-/m1/s1. The number of para-hydroxylation sites is 1. The molecule has 2 N–H and O–H groups in total. The summed E-state index contributed by atoms with van der Waals surface area (Å²) in [5, 5.41) is 5.77. The van der Waals surface area contributed by atoms with Gasteiger partial charge in [0.15, 0.2) is 0 Å². The molecule has 5 heteroatoms. The molecule has 1 saturated heterocycles. The second-order valence-corrected chi connectivity index (χ2v) is 6.63. The first-order chi connectivity index (χ1) is 9.70. The molecule has 1 aromatic carbocycles. The summed E-state index contributed by atoms with van der Waals surface area (Å²) >= 11 is 0. The van der Waals surface area contributed by atoms with Gasteiger partial charge >= 0.3 is 0 Å². The summed E-state index contributed by atoms with van der Waals surface area (Å²) in [6.45, 7) is 8.22. The molecule has 116 valence electrons. The Bertz CT molecular complexity index is 529. The highest BCUT2D eigenvalue weighted by molar-refractivity contribution is 5.92. The summed E-state index contributed by atoms with van der Waals surface area (Å²) < 4.78 is 19.4. The van der Waals surface area contributed by atoms with Crippen molar-refractivity contribution in [1.82, 2.24) is 5.32 Å². The Balaban J connectivity index is 1.89. The summed E-state index contributed by atoms with van der Waals surface area (Å²) in [6, 6.07) is 6.21. The van der Waals surface area contributed by atoms with E-state index in [4.69, 9.17) is 4.74 Å². The van der Waals surface area contributed by atoms with Gasteiger partial charge in [-0.05, 0) is 46.2 Å². The minimum atomic E-state index is -0.434. The maximum Gasteiger partial charge on any atom is 0.238 e. The lowest BCUT2D eigenvalue weighted by molar-refractivity contribution is -0.115. The zero-order valence-electron chi connectivity index (χ0n) is 13.0. The van der Waals surface area contributed by atoms with E-state index in [9.17, 15) is 9.18 Å². The molecule has 0 unspecified atom stereocenters. The number of nitrogens with one attached hydrogen (secondary N) is 2. The second kappa shape index (κ2) is 5.73. The summed E-state index contributed by atoms with van der Waals surface area (Å²) in [5.41, 5.74) is -0.336. The third-order valence-electron chi connectivity index (χ3n) is 3.73. The van der Waals surface area contributed by atoms with Crippen molar-refractivity contribution in [1.29, 1.82) is 0 Å². The largest absolute Gasteiger partial charge is 0.368 e. The van der Waals surface area contributed by atoms with Gasteiger partial charge in [0.2, 0.25) is 5.91 Å². The van der Waals surface area contributed by atoms with Crippen molar-refractivity contribution in [3.05, 3.63) is 30.1 Å². The molecule has 21 heavy (non-hydrogen) atoms. The fourth-order valence-corrected chi connectivity index (χ4v) is 2.85. The molecular weight excluding hydrogens is 271 g/mol. The van der Waals surface area contributed by atoms with Crippen LogP contribution < -0.4 is 10.6 Å². The van der Waals surface area contributed by atoms with Crippen LogP contribution in [0.5, 0.6) is 0 Å². The molecule has 2 rings (SSSR count). The summed E-state index contributed by atoms with van der Waals surface area (Å²) in [5.74, 6) is -0.697. The Morgan fingerprint density at radius 2 is 2.00 bits per heavy atom. The highest BCUT2D eigenvalue weighted by Gasteiger charge is 2.45. The minimum absolute atomic E-state index is 0.0823. The van der Waals surface area contributed by atoms with Crippen LogP contribution in [0.2, 0.25) is 0 Å². The quantitative estimate of drug-likeness (QED) is 0.897. The van der Waals surface area contributed by atoms with E-state index in [2.05, 4.69) is 10.6 Å². The monoisotopic (exact) mass is 294 g/mol. The molecule has 1 fully saturated rings. The molecule has 0 aromatic heterocycles. The Morgan fingerprint density at radius 1 is 1.33 bits per heavy atom. The second-order valence-electron chi connectivity index (χ2n) is 6.63. The summed E-state index contributed by atoms with van der Waals surface area (Å²) in [7, 11) is 0. The Labute approximate surface area is 125 Å². The normalized spacial score (nSPS) is 23.0. The van der Waals surface area contributed by atoms with E-state index in [-0.39, 0.29) is 35.4 Å². The molecule has 1 aliphatic heterocycles. The van der Waals surface area contributed by atoms with Crippen LogP contribution in [0.1, 0.15) is 34.1 Å². The van der Waals surface area contributed by atoms with Crippen molar-refractivity contribution in [2.45, 2.75) is 51.4 Å². The van der Waals surface area contributed by atoms with Gasteiger partial charge in [0.05, 0.1) is 23.4 Å². The van der Waals surface area contributed by atoms with E-state index >= 15 is 0 Å². The average Bonchev–Trinajstić information content (AvgIpc) is 2.57. The zero-order valence-corrected chi connectivity index (χ0v) is 13.0. The van der Waals surface area contributed by atoms with Gasteiger partial charge in [-0.2, -0.15) is 0 Å². The van der Waals surface area contributed by atoms with Crippen molar-refractivity contribution >= 4 is 11.6 Å². The highest BCUT2D eigenvalue weighted by Crippen LogP contribution is 2.37. The zero-order chi connectivity index (χ0) is 15.7. The molecule has 1 atom stereocenters. The van der Waals surface area contributed by atoms with E-state index in [0.717, 1.165) is 6.42 Å². The number of hydrogen-bond acceptors (Lipinski definition) is 3. The van der Waals surface area contributed by atoms with Crippen molar-refractivity contribution < 1.29 is 13.9 Å². The maximum atomic E-state index is 13.5. The number of ether oxygens (including phenoxy) is 1. The van der Waals surface area contributed by atoms with Crippen LogP contribution in [0.25, 0.3) is 0 Å². The summed E-state index contributed by atoms with van der Waals surface area (Å²) in [4.78, 5) is 11.9.